The largest absolute Gasteiger partial charge is 0.459 e. The van der Waals surface area contributed by atoms with Crippen molar-refractivity contribution in [3.63, 3.8) is 0 Å². The van der Waals surface area contributed by atoms with E-state index >= 15 is 0 Å². The van der Waals surface area contributed by atoms with Crippen molar-refractivity contribution in [2.24, 2.45) is 5.73 Å². The lowest BCUT2D eigenvalue weighted by Crippen LogP contribution is -2.58. The zero-order valence-corrected chi connectivity index (χ0v) is 11.6. The summed E-state index contributed by atoms with van der Waals surface area (Å²) in [5.41, 5.74) is 3.87. The van der Waals surface area contributed by atoms with Gasteiger partial charge in [0.25, 0.3) is 0 Å². The number of hydrogen-bond donors (Lipinski definition) is 2. The molecule has 0 aromatic carbocycles. The van der Waals surface area contributed by atoms with E-state index in [1.165, 1.54) is 0 Å². The van der Waals surface area contributed by atoms with Gasteiger partial charge in [-0.25, -0.2) is 0 Å². The topological polar surface area (TPSA) is 81.4 Å². The van der Waals surface area contributed by atoms with Crippen LogP contribution in [0.1, 0.15) is 48.0 Å². The summed E-state index contributed by atoms with van der Waals surface area (Å²) in [4.78, 5) is 23.0. The fourth-order valence-corrected chi connectivity index (χ4v) is 1.27. The highest BCUT2D eigenvalue weighted by molar-refractivity contribution is 5.85. The lowest BCUT2D eigenvalue weighted by Gasteiger charge is -2.30. The molecule has 0 aliphatic heterocycles. The van der Waals surface area contributed by atoms with Gasteiger partial charge in [0.1, 0.15) is 11.6 Å². The Balaban J connectivity index is 4.58. The molecule has 0 aromatic rings. The van der Waals surface area contributed by atoms with E-state index in [1.807, 2.05) is 6.92 Å². The molecule has 0 bridgehead atoms. The van der Waals surface area contributed by atoms with Gasteiger partial charge in [-0.1, -0.05) is 6.92 Å². The number of nitrogens with two attached hydrogens (primary N) is 1. The van der Waals surface area contributed by atoms with E-state index in [2.05, 4.69) is 5.32 Å². The molecule has 0 aromatic heterocycles. The molecule has 3 N–H and O–H groups in total. The molecular formula is C12H24N2O3. The second-order valence-corrected chi connectivity index (χ2v) is 5.45. The molecule has 0 saturated carbocycles. The minimum atomic E-state index is -0.893. The predicted molar refractivity (Wildman–Crippen MR) is 66.3 cm³/mol. The van der Waals surface area contributed by atoms with Crippen LogP contribution in [0, 0.1) is 0 Å². The molecule has 0 aliphatic rings. The highest BCUT2D eigenvalue weighted by Gasteiger charge is 2.33. The summed E-state index contributed by atoms with van der Waals surface area (Å²) in [5.74, 6) is -0.867. The average molecular weight is 244 g/mol. The summed E-state index contributed by atoms with van der Waals surface area (Å²) >= 11 is 0. The zero-order valence-electron chi connectivity index (χ0n) is 11.6. The molecule has 0 aliphatic carbocycles. The van der Waals surface area contributed by atoms with Crippen LogP contribution < -0.4 is 11.1 Å². The maximum absolute atomic E-state index is 11.7. The van der Waals surface area contributed by atoms with Crippen LogP contribution in [0.3, 0.4) is 0 Å². The number of esters is 1. The summed E-state index contributed by atoms with van der Waals surface area (Å²) in [5, 5.41) is 2.92. The summed E-state index contributed by atoms with van der Waals surface area (Å²) in [6, 6.07) is -0.577. The monoisotopic (exact) mass is 244 g/mol. The Morgan fingerprint density at radius 1 is 1.29 bits per heavy atom. The van der Waals surface area contributed by atoms with Crippen molar-refractivity contribution in [2.75, 3.05) is 0 Å². The van der Waals surface area contributed by atoms with Gasteiger partial charge in [0.2, 0.25) is 5.91 Å². The van der Waals surface area contributed by atoms with Crippen molar-refractivity contribution >= 4 is 11.9 Å². The van der Waals surface area contributed by atoms with Crippen molar-refractivity contribution < 1.29 is 14.3 Å². The fourth-order valence-electron chi connectivity index (χ4n) is 1.27. The molecule has 0 spiro atoms. The number of amides is 1. The summed E-state index contributed by atoms with van der Waals surface area (Å²) in [6.45, 7) is 10.6. The second kappa shape index (κ2) is 5.49. The van der Waals surface area contributed by atoms with E-state index in [-0.39, 0.29) is 0 Å². The van der Waals surface area contributed by atoms with Crippen molar-refractivity contribution in [3.05, 3.63) is 0 Å². The SMILES string of the molecule is CCC(C)(NC(C)C(=O)OC(C)(C)C)C(N)=O. The van der Waals surface area contributed by atoms with Gasteiger partial charge in [-0.15, -0.1) is 0 Å². The Morgan fingerprint density at radius 3 is 2.06 bits per heavy atom. The maximum Gasteiger partial charge on any atom is 0.323 e. The first kappa shape index (κ1) is 15.9. The summed E-state index contributed by atoms with van der Waals surface area (Å²) in [6.07, 6.45) is 0.509. The number of carbonyl (C=O) groups is 2. The highest BCUT2D eigenvalue weighted by atomic mass is 16.6. The Hall–Kier alpha value is -1.10. The average Bonchev–Trinajstić information content (AvgIpc) is 2.14. The van der Waals surface area contributed by atoms with Gasteiger partial charge in [-0.3, -0.25) is 14.9 Å². The molecular weight excluding hydrogens is 220 g/mol. The first-order chi connectivity index (χ1) is 7.52. The molecule has 1 amide bonds. The normalized spacial score (nSPS) is 17.1. The first-order valence-electron chi connectivity index (χ1n) is 5.82. The number of hydrogen-bond acceptors (Lipinski definition) is 4. The Kier molecular flexibility index (Phi) is 5.13. The molecule has 2 atom stereocenters. The Bertz CT molecular complexity index is 297. The van der Waals surface area contributed by atoms with E-state index in [0.29, 0.717) is 6.42 Å². The molecule has 0 saturated heterocycles. The van der Waals surface area contributed by atoms with Crippen LogP contribution in [0.25, 0.3) is 0 Å². The zero-order chi connectivity index (χ0) is 13.9. The van der Waals surface area contributed by atoms with Crippen molar-refractivity contribution in [3.8, 4) is 0 Å². The van der Waals surface area contributed by atoms with Crippen LogP contribution in [0.15, 0.2) is 0 Å². The van der Waals surface area contributed by atoms with Gasteiger partial charge in [-0.05, 0) is 41.0 Å². The number of primary amides is 1. The number of ether oxygens (including phenoxy) is 1. The molecule has 0 rings (SSSR count). The minimum absolute atomic E-state index is 0.390. The van der Waals surface area contributed by atoms with Crippen LogP contribution in [0.4, 0.5) is 0 Å². The predicted octanol–water partition coefficient (Wildman–Crippen LogP) is 0.960. The highest BCUT2D eigenvalue weighted by Crippen LogP contribution is 2.12. The Morgan fingerprint density at radius 2 is 1.76 bits per heavy atom. The molecule has 5 heteroatoms. The molecule has 5 nitrogen and oxygen atoms in total. The lowest BCUT2D eigenvalue weighted by molar-refractivity contribution is -0.157. The minimum Gasteiger partial charge on any atom is -0.459 e. The van der Waals surface area contributed by atoms with Crippen molar-refractivity contribution in [1.29, 1.82) is 0 Å². The van der Waals surface area contributed by atoms with Gasteiger partial charge in [0, 0.05) is 0 Å². The quantitative estimate of drug-likeness (QED) is 0.706. The number of nitrogens with one attached hydrogen (secondary N) is 1. The smallest absolute Gasteiger partial charge is 0.323 e. The molecule has 0 radical (unpaired) electrons. The van der Waals surface area contributed by atoms with Crippen LogP contribution in [-0.2, 0) is 14.3 Å². The van der Waals surface area contributed by atoms with Crippen LogP contribution in [0.5, 0.6) is 0 Å². The van der Waals surface area contributed by atoms with Crippen molar-refractivity contribution in [2.45, 2.75) is 65.1 Å². The molecule has 2 unspecified atom stereocenters. The third-order valence-electron chi connectivity index (χ3n) is 2.55. The first-order valence-corrected chi connectivity index (χ1v) is 5.82. The van der Waals surface area contributed by atoms with E-state index in [1.54, 1.807) is 34.6 Å². The number of carbonyl (C=O) groups excluding carboxylic acids is 2. The van der Waals surface area contributed by atoms with Gasteiger partial charge in [0.15, 0.2) is 0 Å². The summed E-state index contributed by atoms with van der Waals surface area (Å²) < 4.78 is 5.22. The third kappa shape index (κ3) is 5.17. The van der Waals surface area contributed by atoms with E-state index in [4.69, 9.17) is 10.5 Å². The molecule has 0 fully saturated rings. The van der Waals surface area contributed by atoms with Crippen LogP contribution in [-0.4, -0.2) is 29.1 Å². The van der Waals surface area contributed by atoms with Crippen LogP contribution >= 0.6 is 0 Å². The van der Waals surface area contributed by atoms with Gasteiger partial charge < -0.3 is 10.5 Å². The standard InChI is InChI=1S/C12H24N2O3/c1-7-12(6,10(13)16)14-8(2)9(15)17-11(3,4)5/h8,14H,7H2,1-6H3,(H2,13,16). The molecule has 100 valence electrons. The van der Waals surface area contributed by atoms with Crippen molar-refractivity contribution in [1.82, 2.24) is 5.32 Å². The summed E-state index contributed by atoms with van der Waals surface area (Å²) in [7, 11) is 0. The lowest BCUT2D eigenvalue weighted by atomic mass is 9.97. The van der Waals surface area contributed by atoms with E-state index in [9.17, 15) is 9.59 Å². The number of rotatable bonds is 5. The van der Waals surface area contributed by atoms with E-state index < -0.39 is 29.1 Å². The van der Waals surface area contributed by atoms with Gasteiger partial charge in [0.05, 0.1) is 5.54 Å². The van der Waals surface area contributed by atoms with Crippen LogP contribution in [0.2, 0.25) is 0 Å². The Labute approximate surface area is 103 Å². The maximum atomic E-state index is 11.7. The third-order valence-corrected chi connectivity index (χ3v) is 2.55. The van der Waals surface area contributed by atoms with E-state index in [0.717, 1.165) is 0 Å². The fraction of sp³-hybridized carbons (Fsp3) is 0.833. The van der Waals surface area contributed by atoms with Gasteiger partial charge in [-0.2, -0.15) is 0 Å². The molecule has 0 heterocycles. The molecule has 17 heavy (non-hydrogen) atoms. The second-order valence-electron chi connectivity index (χ2n) is 5.45. The van der Waals surface area contributed by atoms with Gasteiger partial charge >= 0.3 is 5.97 Å².